The maximum atomic E-state index is 12.0. The van der Waals surface area contributed by atoms with E-state index in [9.17, 15) is 9.59 Å². The lowest BCUT2D eigenvalue weighted by atomic mass is 9.95. The van der Waals surface area contributed by atoms with E-state index in [-0.39, 0.29) is 23.7 Å². The highest BCUT2D eigenvalue weighted by Gasteiger charge is 2.28. The lowest BCUT2D eigenvalue weighted by molar-refractivity contribution is -0.118. The SMILES string of the molecule is CCCC(=O)N(N)c1nnc(C(N)=O)n1C1CCCCC1. The molecule has 0 spiro atoms. The molecule has 0 aliphatic heterocycles. The Bertz CT molecular complexity index is 521. The molecular weight excluding hydrogens is 272 g/mol. The summed E-state index contributed by atoms with van der Waals surface area (Å²) in [7, 11) is 0. The molecule has 21 heavy (non-hydrogen) atoms. The highest BCUT2D eigenvalue weighted by atomic mass is 16.2. The molecule has 0 atom stereocenters. The number of aromatic nitrogens is 3. The highest BCUT2D eigenvalue weighted by molar-refractivity contribution is 5.93. The summed E-state index contributed by atoms with van der Waals surface area (Å²) in [4.78, 5) is 23.5. The Kier molecular flexibility index (Phi) is 4.89. The van der Waals surface area contributed by atoms with Gasteiger partial charge in [0, 0.05) is 12.5 Å². The second-order valence-electron chi connectivity index (χ2n) is 5.36. The molecule has 2 rings (SSSR count). The summed E-state index contributed by atoms with van der Waals surface area (Å²) in [6, 6.07) is 0.0618. The predicted octanol–water partition coefficient (Wildman–Crippen LogP) is 0.889. The van der Waals surface area contributed by atoms with E-state index in [2.05, 4.69) is 10.2 Å². The minimum Gasteiger partial charge on any atom is -0.363 e. The molecule has 0 bridgehead atoms. The normalized spacial score (nSPS) is 15.9. The Morgan fingerprint density at radius 1 is 1.29 bits per heavy atom. The van der Waals surface area contributed by atoms with E-state index < -0.39 is 5.91 Å². The Morgan fingerprint density at radius 3 is 2.52 bits per heavy atom. The van der Waals surface area contributed by atoms with Crippen molar-refractivity contribution >= 4 is 17.8 Å². The van der Waals surface area contributed by atoms with Gasteiger partial charge in [-0.3, -0.25) is 14.2 Å². The van der Waals surface area contributed by atoms with Crippen LogP contribution in [0.1, 0.15) is 68.5 Å². The number of hydrogen-bond donors (Lipinski definition) is 2. The van der Waals surface area contributed by atoms with Gasteiger partial charge in [0.2, 0.25) is 17.7 Å². The van der Waals surface area contributed by atoms with Gasteiger partial charge in [-0.25, -0.2) is 10.9 Å². The van der Waals surface area contributed by atoms with E-state index in [1.165, 1.54) is 6.42 Å². The number of carbonyl (C=O) groups excluding carboxylic acids is 2. The van der Waals surface area contributed by atoms with Crippen molar-refractivity contribution in [3.8, 4) is 0 Å². The lowest BCUT2D eigenvalue weighted by Gasteiger charge is -2.27. The predicted molar refractivity (Wildman–Crippen MR) is 77.2 cm³/mol. The van der Waals surface area contributed by atoms with Gasteiger partial charge in [-0.2, -0.15) is 0 Å². The lowest BCUT2D eigenvalue weighted by Crippen LogP contribution is -2.40. The van der Waals surface area contributed by atoms with Gasteiger partial charge in [0.1, 0.15) is 0 Å². The molecule has 0 aromatic carbocycles. The van der Waals surface area contributed by atoms with Gasteiger partial charge in [-0.05, 0) is 19.3 Å². The van der Waals surface area contributed by atoms with E-state index in [0.717, 1.165) is 30.7 Å². The zero-order valence-corrected chi connectivity index (χ0v) is 12.3. The number of primary amides is 1. The zero-order valence-electron chi connectivity index (χ0n) is 12.3. The minimum absolute atomic E-state index is 0.0618. The summed E-state index contributed by atoms with van der Waals surface area (Å²) in [5, 5.41) is 8.71. The average molecular weight is 294 g/mol. The fraction of sp³-hybridized carbons (Fsp3) is 0.692. The van der Waals surface area contributed by atoms with Crippen molar-refractivity contribution in [3.05, 3.63) is 5.82 Å². The molecule has 4 N–H and O–H groups in total. The number of carbonyl (C=O) groups is 2. The standard InChI is InChI=1S/C13H22N6O2/c1-2-6-10(20)19(15)13-17-16-12(11(14)21)18(13)9-7-4-3-5-8-9/h9H,2-8,15H2,1H3,(H2,14,21). The number of nitrogens with zero attached hydrogens (tertiary/aromatic N) is 4. The van der Waals surface area contributed by atoms with Gasteiger partial charge in [0.15, 0.2) is 0 Å². The molecule has 1 aromatic heterocycles. The van der Waals surface area contributed by atoms with E-state index in [1.54, 1.807) is 4.57 Å². The topological polar surface area (TPSA) is 120 Å². The summed E-state index contributed by atoms with van der Waals surface area (Å²) >= 11 is 0. The van der Waals surface area contributed by atoms with Gasteiger partial charge in [0.05, 0.1) is 0 Å². The van der Waals surface area contributed by atoms with Crippen LogP contribution < -0.4 is 16.6 Å². The molecular formula is C13H22N6O2. The van der Waals surface area contributed by atoms with Gasteiger partial charge in [-0.1, -0.05) is 26.2 Å². The van der Waals surface area contributed by atoms with Crippen molar-refractivity contribution < 1.29 is 9.59 Å². The molecule has 8 nitrogen and oxygen atoms in total. The number of nitrogens with two attached hydrogens (primary N) is 2. The van der Waals surface area contributed by atoms with E-state index in [1.807, 2.05) is 6.92 Å². The van der Waals surface area contributed by atoms with Gasteiger partial charge in [0.25, 0.3) is 5.91 Å². The summed E-state index contributed by atoms with van der Waals surface area (Å²) in [5.74, 6) is 5.21. The number of hydrazine groups is 1. The van der Waals surface area contributed by atoms with E-state index >= 15 is 0 Å². The number of anilines is 1. The van der Waals surface area contributed by atoms with Gasteiger partial charge in [-0.15, -0.1) is 10.2 Å². The Labute approximate surface area is 123 Å². The van der Waals surface area contributed by atoms with Crippen molar-refractivity contribution in [2.24, 2.45) is 11.6 Å². The van der Waals surface area contributed by atoms with Crippen molar-refractivity contribution in [1.82, 2.24) is 14.8 Å². The molecule has 116 valence electrons. The fourth-order valence-corrected chi connectivity index (χ4v) is 2.74. The Morgan fingerprint density at radius 2 is 1.95 bits per heavy atom. The molecule has 0 unspecified atom stereocenters. The molecule has 8 heteroatoms. The third-order valence-electron chi connectivity index (χ3n) is 3.79. The summed E-state index contributed by atoms with van der Waals surface area (Å²) in [6.07, 6.45) is 6.11. The first-order valence-corrected chi connectivity index (χ1v) is 7.38. The van der Waals surface area contributed by atoms with Gasteiger partial charge >= 0.3 is 0 Å². The van der Waals surface area contributed by atoms with Crippen LogP contribution >= 0.6 is 0 Å². The number of hydrogen-bond acceptors (Lipinski definition) is 5. The maximum absolute atomic E-state index is 12.0. The van der Waals surface area contributed by atoms with Crippen LogP contribution in [-0.2, 0) is 4.79 Å². The maximum Gasteiger partial charge on any atom is 0.286 e. The molecule has 1 aliphatic carbocycles. The van der Waals surface area contributed by atoms with E-state index in [0.29, 0.717) is 12.8 Å². The van der Waals surface area contributed by atoms with Crippen LogP contribution in [0.15, 0.2) is 0 Å². The molecule has 0 saturated heterocycles. The van der Waals surface area contributed by atoms with Crippen molar-refractivity contribution in [2.45, 2.75) is 57.9 Å². The summed E-state index contributed by atoms with van der Waals surface area (Å²) < 4.78 is 1.63. The largest absolute Gasteiger partial charge is 0.363 e. The highest BCUT2D eigenvalue weighted by Crippen LogP contribution is 2.31. The Hall–Kier alpha value is -1.96. The van der Waals surface area contributed by atoms with Crippen LogP contribution in [-0.4, -0.2) is 26.6 Å². The molecule has 0 radical (unpaired) electrons. The monoisotopic (exact) mass is 294 g/mol. The molecule has 1 heterocycles. The summed E-state index contributed by atoms with van der Waals surface area (Å²) in [5.41, 5.74) is 5.36. The number of amides is 2. The third-order valence-corrected chi connectivity index (χ3v) is 3.79. The van der Waals surface area contributed by atoms with Crippen LogP contribution in [0, 0.1) is 0 Å². The third kappa shape index (κ3) is 3.21. The summed E-state index contributed by atoms with van der Waals surface area (Å²) in [6.45, 7) is 1.90. The fourth-order valence-electron chi connectivity index (χ4n) is 2.74. The first kappa shape index (κ1) is 15.4. The van der Waals surface area contributed by atoms with Crippen LogP contribution in [0.5, 0.6) is 0 Å². The van der Waals surface area contributed by atoms with E-state index in [4.69, 9.17) is 11.6 Å². The van der Waals surface area contributed by atoms with Crippen LogP contribution in [0.4, 0.5) is 5.95 Å². The van der Waals surface area contributed by atoms with Crippen LogP contribution in [0.25, 0.3) is 0 Å². The zero-order chi connectivity index (χ0) is 15.4. The molecule has 1 saturated carbocycles. The van der Waals surface area contributed by atoms with Crippen LogP contribution in [0.3, 0.4) is 0 Å². The van der Waals surface area contributed by atoms with Crippen molar-refractivity contribution in [1.29, 1.82) is 0 Å². The molecule has 1 aliphatic rings. The first-order valence-electron chi connectivity index (χ1n) is 7.38. The Balaban J connectivity index is 2.36. The number of rotatable bonds is 5. The smallest absolute Gasteiger partial charge is 0.286 e. The van der Waals surface area contributed by atoms with Gasteiger partial charge < -0.3 is 5.73 Å². The molecule has 2 amide bonds. The quantitative estimate of drug-likeness (QED) is 0.474. The second-order valence-corrected chi connectivity index (χ2v) is 5.36. The second kappa shape index (κ2) is 6.66. The first-order chi connectivity index (χ1) is 10.1. The minimum atomic E-state index is -0.657. The molecule has 1 fully saturated rings. The average Bonchev–Trinajstić information content (AvgIpc) is 2.92. The molecule has 1 aromatic rings. The van der Waals surface area contributed by atoms with Crippen molar-refractivity contribution in [3.63, 3.8) is 0 Å². The van der Waals surface area contributed by atoms with Crippen LogP contribution in [0.2, 0.25) is 0 Å². The van der Waals surface area contributed by atoms with Crippen molar-refractivity contribution in [2.75, 3.05) is 5.01 Å².